The van der Waals surface area contributed by atoms with Gasteiger partial charge < -0.3 is 38.5 Å². The maximum Gasteiger partial charge on any atom is 0.240 e. The summed E-state index contributed by atoms with van der Waals surface area (Å²) in [6.07, 6.45) is 10.4. The molecule has 11 nitrogen and oxygen atoms in total. The number of imidazole rings is 1. The minimum absolute atomic E-state index is 0.102. The standard InChI is InChI=1S/C32H40ClN5O6/c1-2-10-40-12-14-42-16-18-44-19-17-43-15-13-41-11-4-3-9-37-28-6-5-25(33)20-27(28)36-30(37)22-38-29-21-34-8-7-26(29)32(31(38)39)23-35-24-32/h1,5-8,20-21,35H,3-4,9-19,22-24H2. The second kappa shape index (κ2) is 16.3. The van der Waals surface area contributed by atoms with Gasteiger partial charge in [-0.2, -0.15) is 0 Å². The third-order valence-corrected chi connectivity index (χ3v) is 8.03. The van der Waals surface area contributed by atoms with Crippen LogP contribution < -0.4 is 10.2 Å². The fourth-order valence-corrected chi connectivity index (χ4v) is 5.68. The van der Waals surface area contributed by atoms with E-state index < -0.39 is 5.41 Å². The van der Waals surface area contributed by atoms with Crippen molar-refractivity contribution in [1.82, 2.24) is 19.9 Å². The van der Waals surface area contributed by atoms with Gasteiger partial charge in [-0.25, -0.2) is 4.98 Å². The van der Waals surface area contributed by atoms with Gasteiger partial charge in [-0.15, -0.1) is 6.42 Å². The molecule has 3 aromatic rings. The fourth-order valence-electron chi connectivity index (χ4n) is 5.51. The zero-order valence-corrected chi connectivity index (χ0v) is 25.7. The predicted octanol–water partition coefficient (Wildman–Crippen LogP) is 2.97. The molecule has 1 aromatic carbocycles. The Bertz CT molecular complexity index is 1420. The van der Waals surface area contributed by atoms with E-state index in [1.165, 1.54) is 0 Å². The number of fused-ring (bicyclic) bond motifs is 3. The fraction of sp³-hybridized carbons (Fsp3) is 0.531. The Morgan fingerprint density at radius 1 is 0.932 bits per heavy atom. The van der Waals surface area contributed by atoms with Crippen molar-refractivity contribution < 1.29 is 28.5 Å². The maximum absolute atomic E-state index is 13.6. The van der Waals surface area contributed by atoms with E-state index in [2.05, 4.69) is 20.8 Å². The first-order valence-corrected chi connectivity index (χ1v) is 15.5. The topological polar surface area (TPSA) is 109 Å². The van der Waals surface area contributed by atoms with Crippen LogP contribution in [0.1, 0.15) is 24.2 Å². The lowest BCUT2D eigenvalue weighted by atomic mass is 9.77. The second-order valence-corrected chi connectivity index (χ2v) is 11.1. The summed E-state index contributed by atoms with van der Waals surface area (Å²) >= 11 is 6.29. The molecule has 0 radical (unpaired) electrons. The van der Waals surface area contributed by atoms with E-state index in [1.807, 2.05) is 29.2 Å². The van der Waals surface area contributed by atoms with E-state index in [-0.39, 0.29) is 5.91 Å². The van der Waals surface area contributed by atoms with Crippen LogP contribution in [-0.4, -0.2) is 99.6 Å². The molecule has 2 aromatic heterocycles. The van der Waals surface area contributed by atoms with Gasteiger partial charge in [-0.3, -0.25) is 9.78 Å². The van der Waals surface area contributed by atoms with Crippen LogP contribution in [0.2, 0.25) is 5.02 Å². The van der Waals surface area contributed by atoms with Crippen molar-refractivity contribution in [2.24, 2.45) is 0 Å². The smallest absolute Gasteiger partial charge is 0.240 e. The number of aryl methyl sites for hydroxylation is 1. The molecule has 1 saturated heterocycles. The van der Waals surface area contributed by atoms with Crippen LogP contribution in [0.4, 0.5) is 5.69 Å². The number of halogens is 1. The molecule has 12 heteroatoms. The van der Waals surface area contributed by atoms with Crippen LogP contribution in [0.15, 0.2) is 36.7 Å². The lowest BCUT2D eigenvalue weighted by Gasteiger charge is -2.37. The monoisotopic (exact) mass is 625 g/mol. The van der Waals surface area contributed by atoms with Gasteiger partial charge in [0.2, 0.25) is 5.91 Å². The van der Waals surface area contributed by atoms with Gasteiger partial charge in [0, 0.05) is 37.5 Å². The molecule has 236 valence electrons. The molecule has 1 amide bonds. The van der Waals surface area contributed by atoms with Crippen molar-refractivity contribution in [3.8, 4) is 12.3 Å². The molecule has 1 spiro atoms. The van der Waals surface area contributed by atoms with Crippen molar-refractivity contribution in [2.75, 3.05) is 84.1 Å². The zero-order chi connectivity index (χ0) is 30.6. The average Bonchev–Trinajstić information content (AvgIpc) is 3.47. The van der Waals surface area contributed by atoms with E-state index in [1.54, 1.807) is 12.4 Å². The number of rotatable bonds is 20. The molecule has 1 N–H and O–H groups in total. The highest BCUT2D eigenvalue weighted by molar-refractivity contribution is 6.31. The highest BCUT2D eigenvalue weighted by Gasteiger charge is 2.55. The molecule has 2 aliphatic heterocycles. The van der Waals surface area contributed by atoms with Crippen LogP contribution in [0.3, 0.4) is 0 Å². The number of amides is 1. The minimum Gasteiger partial charge on any atom is -0.379 e. The van der Waals surface area contributed by atoms with E-state index in [0.29, 0.717) is 90.7 Å². The number of anilines is 1. The molecule has 1 fully saturated rings. The molecule has 4 heterocycles. The number of benzene rings is 1. The quantitative estimate of drug-likeness (QED) is 0.150. The number of unbranched alkanes of at least 4 members (excludes halogenated alkanes) is 1. The van der Waals surface area contributed by atoms with Crippen LogP contribution in [0.25, 0.3) is 11.0 Å². The number of hydrogen-bond acceptors (Lipinski definition) is 9. The number of ether oxygens (including phenoxy) is 5. The second-order valence-electron chi connectivity index (χ2n) is 10.7. The Labute approximate surface area is 263 Å². The lowest BCUT2D eigenvalue weighted by Crippen LogP contribution is -2.61. The van der Waals surface area contributed by atoms with Crippen molar-refractivity contribution in [3.63, 3.8) is 0 Å². The minimum atomic E-state index is -0.500. The summed E-state index contributed by atoms with van der Waals surface area (Å²) < 4.78 is 29.5. The van der Waals surface area contributed by atoms with Crippen LogP contribution in [-0.2, 0) is 47.0 Å². The van der Waals surface area contributed by atoms with Gasteiger partial charge in [0.05, 0.1) is 82.3 Å². The summed E-state index contributed by atoms with van der Waals surface area (Å²) in [5.74, 6) is 3.34. The SMILES string of the molecule is C#CCOCCOCCOCCOCCOCCCCn1c(CN2C(=O)C3(CNC3)c3ccncc32)nc2cc(Cl)ccc21. The van der Waals surface area contributed by atoms with Crippen LogP contribution >= 0.6 is 11.6 Å². The van der Waals surface area contributed by atoms with E-state index >= 15 is 0 Å². The first-order valence-electron chi connectivity index (χ1n) is 15.1. The Hall–Kier alpha value is -3.08. The molecule has 0 unspecified atom stereocenters. The Morgan fingerprint density at radius 2 is 1.61 bits per heavy atom. The number of nitrogens with zero attached hydrogens (tertiary/aromatic N) is 4. The summed E-state index contributed by atoms with van der Waals surface area (Å²) in [5, 5.41) is 3.91. The highest BCUT2D eigenvalue weighted by Crippen LogP contribution is 2.44. The van der Waals surface area contributed by atoms with E-state index in [0.717, 1.165) is 47.5 Å². The maximum atomic E-state index is 13.6. The third-order valence-electron chi connectivity index (χ3n) is 7.80. The lowest BCUT2D eigenvalue weighted by molar-refractivity contribution is -0.125. The predicted molar refractivity (Wildman–Crippen MR) is 167 cm³/mol. The number of hydrogen-bond donors (Lipinski definition) is 1. The first-order chi connectivity index (χ1) is 21.6. The van der Waals surface area contributed by atoms with Gasteiger partial charge in [0.15, 0.2) is 0 Å². The Morgan fingerprint density at radius 3 is 2.27 bits per heavy atom. The van der Waals surface area contributed by atoms with Gasteiger partial charge in [0.1, 0.15) is 17.8 Å². The first kappa shape index (κ1) is 32.3. The molecule has 0 saturated carbocycles. The summed E-state index contributed by atoms with van der Waals surface area (Å²) in [6.45, 7) is 7.40. The van der Waals surface area contributed by atoms with Crippen LogP contribution in [0.5, 0.6) is 0 Å². The Kier molecular flexibility index (Phi) is 12.0. The zero-order valence-electron chi connectivity index (χ0n) is 25.0. The number of carbonyl (C=O) groups is 1. The molecule has 0 bridgehead atoms. The van der Waals surface area contributed by atoms with Crippen LogP contribution in [0, 0.1) is 12.3 Å². The summed E-state index contributed by atoms with van der Waals surface area (Å²) in [7, 11) is 0. The summed E-state index contributed by atoms with van der Waals surface area (Å²) in [6, 6.07) is 7.71. The number of nitrogens with one attached hydrogen (secondary N) is 1. The summed E-state index contributed by atoms with van der Waals surface area (Å²) in [5.41, 5.74) is 3.23. The number of pyridine rings is 1. The molecule has 0 atom stereocenters. The van der Waals surface area contributed by atoms with Crippen molar-refractivity contribution in [3.05, 3.63) is 53.1 Å². The summed E-state index contributed by atoms with van der Waals surface area (Å²) in [4.78, 5) is 24.7. The molecule has 5 rings (SSSR count). The third kappa shape index (κ3) is 7.76. The molecule has 0 aliphatic carbocycles. The van der Waals surface area contributed by atoms with Crippen molar-refractivity contribution in [1.29, 1.82) is 0 Å². The van der Waals surface area contributed by atoms with E-state index in [9.17, 15) is 4.79 Å². The van der Waals surface area contributed by atoms with Gasteiger partial charge in [-0.1, -0.05) is 17.5 Å². The number of terminal acetylenes is 1. The average molecular weight is 626 g/mol. The molecule has 44 heavy (non-hydrogen) atoms. The van der Waals surface area contributed by atoms with Crippen molar-refractivity contribution in [2.45, 2.75) is 31.3 Å². The highest BCUT2D eigenvalue weighted by atomic mass is 35.5. The largest absolute Gasteiger partial charge is 0.379 e. The van der Waals surface area contributed by atoms with E-state index in [4.69, 9.17) is 46.7 Å². The molecular weight excluding hydrogens is 586 g/mol. The molecular formula is C32H40ClN5O6. The van der Waals surface area contributed by atoms with Gasteiger partial charge in [0.25, 0.3) is 0 Å². The van der Waals surface area contributed by atoms with Gasteiger partial charge >= 0.3 is 0 Å². The van der Waals surface area contributed by atoms with Gasteiger partial charge in [-0.05, 0) is 42.7 Å². The Balaban J connectivity index is 1.02. The normalized spacial score (nSPS) is 15.2. The number of aromatic nitrogens is 3. The van der Waals surface area contributed by atoms with Crippen molar-refractivity contribution >= 4 is 34.2 Å². The number of carbonyl (C=O) groups excluding carboxylic acids is 1. The molecule has 2 aliphatic rings.